The van der Waals surface area contributed by atoms with Gasteiger partial charge in [-0.15, -0.1) is 0 Å². The number of amides is 1. The summed E-state index contributed by atoms with van der Waals surface area (Å²) < 4.78 is 0. The van der Waals surface area contributed by atoms with Crippen LogP contribution in [-0.4, -0.2) is 11.7 Å². The normalized spacial score (nSPS) is 9.93. The second-order valence-electron chi connectivity index (χ2n) is 3.20. The van der Waals surface area contributed by atoms with Crippen LogP contribution in [0.1, 0.15) is 18.1 Å². The first kappa shape index (κ1) is 11.1. The van der Waals surface area contributed by atoms with Gasteiger partial charge in [0.05, 0.1) is 5.75 Å². The maximum Gasteiger partial charge on any atom is 0.234 e. The molecule has 0 aliphatic carbocycles. The van der Waals surface area contributed by atoms with E-state index in [2.05, 4.69) is 31.8 Å². The highest BCUT2D eigenvalue weighted by molar-refractivity contribution is 7.81. The lowest BCUT2D eigenvalue weighted by atomic mass is 10.1. The number of anilines is 1. The van der Waals surface area contributed by atoms with Crippen molar-refractivity contribution in [2.75, 3.05) is 11.1 Å². The van der Waals surface area contributed by atoms with Crippen LogP contribution in [0.4, 0.5) is 5.69 Å². The molecule has 0 aliphatic rings. The maximum atomic E-state index is 11.1. The van der Waals surface area contributed by atoms with Gasteiger partial charge in [0.25, 0.3) is 0 Å². The molecule has 0 fully saturated rings. The van der Waals surface area contributed by atoms with E-state index in [1.54, 1.807) is 0 Å². The zero-order valence-electron chi connectivity index (χ0n) is 8.50. The topological polar surface area (TPSA) is 29.1 Å². The van der Waals surface area contributed by atoms with Crippen molar-refractivity contribution in [3.8, 4) is 0 Å². The number of rotatable bonds is 3. The Morgan fingerprint density at radius 1 is 1.50 bits per heavy atom. The summed E-state index contributed by atoms with van der Waals surface area (Å²) in [5.41, 5.74) is 3.37. The Morgan fingerprint density at radius 3 is 2.71 bits per heavy atom. The van der Waals surface area contributed by atoms with Gasteiger partial charge in [-0.1, -0.05) is 13.0 Å². The van der Waals surface area contributed by atoms with E-state index in [0.29, 0.717) is 0 Å². The number of nitrogens with one attached hydrogen (secondary N) is 1. The van der Waals surface area contributed by atoms with Gasteiger partial charge in [-0.2, -0.15) is 12.6 Å². The number of carbonyl (C=O) groups excluding carboxylic acids is 1. The molecule has 1 rings (SSSR count). The van der Waals surface area contributed by atoms with Gasteiger partial charge in [0, 0.05) is 5.69 Å². The summed E-state index contributed by atoms with van der Waals surface area (Å²) in [6.45, 7) is 4.17. The minimum atomic E-state index is -0.0722. The Balaban J connectivity index is 2.81. The van der Waals surface area contributed by atoms with Crippen molar-refractivity contribution in [2.45, 2.75) is 20.3 Å². The summed E-state index contributed by atoms with van der Waals surface area (Å²) in [5.74, 6) is 0.145. The fourth-order valence-corrected chi connectivity index (χ4v) is 1.45. The quantitative estimate of drug-likeness (QED) is 0.735. The first-order chi connectivity index (χ1) is 6.67. The third-order valence-electron chi connectivity index (χ3n) is 2.15. The number of aryl methyl sites for hydroxylation is 2. The second kappa shape index (κ2) is 5.05. The minimum Gasteiger partial charge on any atom is -0.325 e. The van der Waals surface area contributed by atoms with Gasteiger partial charge in [-0.3, -0.25) is 4.79 Å². The third kappa shape index (κ3) is 2.77. The molecule has 76 valence electrons. The molecule has 3 heteroatoms. The van der Waals surface area contributed by atoms with Crippen LogP contribution in [0.5, 0.6) is 0 Å². The molecule has 0 aliphatic heterocycles. The highest BCUT2D eigenvalue weighted by Gasteiger charge is 2.01. The van der Waals surface area contributed by atoms with Crippen LogP contribution in [0.2, 0.25) is 0 Å². The van der Waals surface area contributed by atoms with Crippen molar-refractivity contribution >= 4 is 24.2 Å². The summed E-state index contributed by atoms with van der Waals surface area (Å²) in [6, 6.07) is 5.96. The standard InChI is InChI=1S/C11H15NOS/c1-3-9-4-5-10(6-8(9)2)12-11(13)7-14/h4-6,14H,3,7H2,1-2H3,(H,12,13). The predicted octanol–water partition coefficient (Wildman–Crippen LogP) is 2.43. The summed E-state index contributed by atoms with van der Waals surface area (Å²) in [4.78, 5) is 11.1. The Bertz CT molecular complexity index is 336. The number of benzene rings is 1. The molecule has 0 bridgehead atoms. The Kier molecular flexibility index (Phi) is 4.01. The van der Waals surface area contributed by atoms with Crippen molar-refractivity contribution in [1.29, 1.82) is 0 Å². The molecule has 0 saturated heterocycles. The van der Waals surface area contributed by atoms with Crippen LogP contribution >= 0.6 is 12.6 Å². The highest BCUT2D eigenvalue weighted by Crippen LogP contribution is 2.15. The van der Waals surface area contributed by atoms with E-state index >= 15 is 0 Å². The van der Waals surface area contributed by atoms with Gasteiger partial charge in [0.2, 0.25) is 5.91 Å². The van der Waals surface area contributed by atoms with Gasteiger partial charge >= 0.3 is 0 Å². The van der Waals surface area contributed by atoms with E-state index in [1.165, 1.54) is 11.1 Å². The lowest BCUT2D eigenvalue weighted by molar-refractivity contribution is -0.113. The van der Waals surface area contributed by atoms with Crippen LogP contribution < -0.4 is 5.32 Å². The maximum absolute atomic E-state index is 11.1. The molecule has 0 heterocycles. The molecule has 1 aromatic rings. The van der Waals surface area contributed by atoms with Crippen LogP contribution in [0.15, 0.2) is 18.2 Å². The molecule has 0 spiro atoms. The molecule has 0 radical (unpaired) electrons. The molecular formula is C11H15NOS. The fourth-order valence-electron chi connectivity index (χ4n) is 1.37. The molecule has 0 aromatic heterocycles. The molecule has 0 atom stereocenters. The van der Waals surface area contributed by atoms with Crippen molar-refractivity contribution in [3.63, 3.8) is 0 Å². The molecule has 1 aromatic carbocycles. The summed E-state index contributed by atoms with van der Waals surface area (Å²) in [5, 5.41) is 2.77. The number of carbonyl (C=O) groups is 1. The molecule has 1 N–H and O–H groups in total. The molecule has 14 heavy (non-hydrogen) atoms. The summed E-state index contributed by atoms with van der Waals surface area (Å²) in [6.07, 6.45) is 1.02. The van der Waals surface area contributed by atoms with E-state index in [9.17, 15) is 4.79 Å². The zero-order valence-corrected chi connectivity index (χ0v) is 9.40. The van der Waals surface area contributed by atoms with E-state index < -0.39 is 0 Å². The van der Waals surface area contributed by atoms with E-state index in [4.69, 9.17) is 0 Å². The van der Waals surface area contributed by atoms with Crippen molar-refractivity contribution in [3.05, 3.63) is 29.3 Å². The largest absolute Gasteiger partial charge is 0.325 e. The molecule has 0 unspecified atom stereocenters. The van der Waals surface area contributed by atoms with Gasteiger partial charge in [0.1, 0.15) is 0 Å². The highest BCUT2D eigenvalue weighted by atomic mass is 32.1. The third-order valence-corrected chi connectivity index (χ3v) is 2.44. The minimum absolute atomic E-state index is 0.0722. The van der Waals surface area contributed by atoms with Gasteiger partial charge < -0.3 is 5.32 Å². The van der Waals surface area contributed by atoms with Gasteiger partial charge in [0.15, 0.2) is 0 Å². The first-order valence-electron chi connectivity index (χ1n) is 4.67. The number of hydrogen-bond acceptors (Lipinski definition) is 2. The van der Waals surface area contributed by atoms with Crippen molar-refractivity contribution < 1.29 is 4.79 Å². The predicted molar refractivity (Wildman–Crippen MR) is 63.0 cm³/mol. The van der Waals surface area contributed by atoms with Crippen molar-refractivity contribution in [1.82, 2.24) is 0 Å². The van der Waals surface area contributed by atoms with Crippen LogP contribution in [0, 0.1) is 6.92 Å². The summed E-state index contributed by atoms with van der Waals surface area (Å²) in [7, 11) is 0. The first-order valence-corrected chi connectivity index (χ1v) is 5.31. The zero-order chi connectivity index (χ0) is 10.6. The lowest BCUT2D eigenvalue weighted by Gasteiger charge is -2.07. The van der Waals surface area contributed by atoms with E-state index in [0.717, 1.165) is 12.1 Å². The molecule has 0 saturated carbocycles. The Morgan fingerprint density at radius 2 is 2.21 bits per heavy atom. The van der Waals surface area contributed by atoms with Crippen LogP contribution in [-0.2, 0) is 11.2 Å². The smallest absolute Gasteiger partial charge is 0.234 e. The van der Waals surface area contributed by atoms with Gasteiger partial charge in [-0.25, -0.2) is 0 Å². The SMILES string of the molecule is CCc1ccc(NC(=O)CS)cc1C. The second-order valence-corrected chi connectivity index (χ2v) is 3.52. The lowest BCUT2D eigenvalue weighted by Crippen LogP contribution is -2.12. The van der Waals surface area contributed by atoms with E-state index in [1.807, 2.05) is 18.2 Å². The van der Waals surface area contributed by atoms with Crippen molar-refractivity contribution in [2.24, 2.45) is 0 Å². The van der Waals surface area contributed by atoms with Crippen LogP contribution in [0.25, 0.3) is 0 Å². The fraction of sp³-hybridized carbons (Fsp3) is 0.364. The Hall–Kier alpha value is -0.960. The van der Waals surface area contributed by atoms with E-state index in [-0.39, 0.29) is 11.7 Å². The number of thiol groups is 1. The van der Waals surface area contributed by atoms with Crippen LogP contribution in [0.3, 0.4) is 0 Å². The number of hydrogen-bond donors (Lipinski definition) is 2. The monoisotopic (exact) mass is 209 g/mol. The van der Waals surface area contributed by atoms with Gasteiger partial charge in [-0.05, 0) is 36.6 Å². The summed E-state index contributed by atoms with van der Waals surface area (Å²) >= 11 is 3.90. The average molecular weight is 209 g/mol. The average Bonchev–Trinajstić information content (AvgIpc) is 2.18. The molecule has 2 nitrogen and oxygen atoms in total. The molecular weight excluding hydrogens is 194 g/mol. The molecule has 1 amide bonds. The Labute approximate surface area is 90.1 Å².